The molecular weight excluding hydrogens is 336 g/mol. The van der Waals surface area contributed by atoms with Gasteiger partial charge in [0.25, 0.3) is 0 Å². The maximum absolute atomic E-state index is 6.20. The van der Waals surface area contributed by atoms with Crippen LogP contribution in [0.1, 0.15) is 38.5 Å². The van der Waals surface area contributed by atoms with Crippen molar-refractivity contribution < 1.29 is 0 Å². The first-order valence-corrected chi connectivity index (χ1v) is 8.86. The van der Waals surface area contributed by atoms with Gasteiger partial charge in [0.05, 0.1) is 5.02 Å². The minimum absolute atomic E-state index is 0.580. The molecule has 0 aromatic heterocycles. The van der Waals surface area contributed by atoms with E-state index in [9.17, 15) is 0 Å². The van der Waals surface area contributed by atoms with Crippen LogP contribution in [0.5, 0.6) is 0 Å². The Bertz CT molecular complexity index is 460. The quantitative estimate of drug-likeness (QED) is 0.810. The van der Waals surface area contributed by atoms with Gasteiger partial charge in [0.2, 0.25) is 0 Å². The van der Waals surface area contributed by atoms with Gasteiger partial charge in [-0.25, -0.2) is 0 Å². The van der Waals surface area contributed by atoms with E-state index >= 15 is 0 Å². The summed E-state index contributed by atoms with van der Waals surface area (Å²) in [7, 11) is 0. The summed E-state index contributed by atoms with van der Waals surface area (Å²) in [6.07, 6.45) is 8.01. The number of halogens is 2. The van der Waals surface area contributed by atoms with Crippen LogP contribution in [-0.2, 0) is 0 Å². The highest BCUT2D eigenvalue weighted by Gasteiger charge is 2.33. The number of anilines is 1. The molecule has 2 N–H and O–H groups in total. The molecular formula is C16H22BrClN2. The lowest BCUT2D eigenvalue weighted by Gasteiger charge is -2.37. The van der Waals surface area contributed by atoms with Crippen molar-refractivity contribution in [2.24, 2.45) is 5.92 Å². The molecule has 0 spiro atoms. The molecule has 1 saturated carbocycles. The SMILES string of the molecule is Clc1cc(NC2CCCCC2C2CCCN2)ccc1Br. The zero-order valence-corrected chi connectivity index (χ0v) is 14.0. The van der Waals surface area contributed by atoms with Crippen molar-refractivity contribution >= 4 is 33.2 Å². The third kappa shape index (κ3) is 3.32. The van der Waals surface area contributed by atoms with E-state index in [1.165, 1.54) is 45.1 Å². The average Bonchev–Trinajstić information content (AvgIpc) is 2.97. The van der Waals surface area contributed by atoms with E-state index < -0.39 is 0 Å². The molecule has 0 bridgehead atoms. The van der Waals surface area contributed by atoms with Gasteiger partial charge >= 0.3 is 0 Å². The van der Waals surface area contributed by atoms with Gasteiger partial charge in [0.1, 0.15) is 0 Å². The molecule has 20 heavy (non-hydrogen) atoms. The summed E-state index contributed by atoms with van der Waals surface area (Å²) in [5.41, 5.74) is 1.15. The Labute approximate surface area is 134 Å². The smallest absolute Gasteiger partial charge is 0.0568 e. The Balaban J connectivity index is 1.71. The summed E-state index contributed by atoms with van der Waals surface area (Å²) >= 11 is 9.65. The van der Waals surface area contributed by atoms with E-state index in [4.69, 9.17) is 11.6 Å². The van der Waals surface area contributed by atoms with Crippen LogP contribution < -0.4 is 10.6 Å². The van der Waals surface area contributed by atoms with Crippen molar-refractivity contribution in [3.63, 3.8) is 0 Å². The lowest BCUT2D eigenvalue weighted by Crippen LogP contribution is -2.43. The first-order valence-electron chi connectivity index (χ1n) is 7.69. The first kappa shape index (κ1) is 14.7. The van der Waals surface area contributed by atoms with Gasteiger partial charge in [-0.1, -0.05) is 24.4 Å². The Morgan fingerprint density at radius 3 is 2.75 bits per heavy atom. The van der Waals surface area contributed by atoms with Gasteiger partial charge in [0, 0.05) is 22.2 Å². The molecule has 0 amide bonds. The lowest BCUT2D eigenvalue weighted by molar-refractivity contribution is 0.263. The van der Waals surface area contributed by atoms with E-state index in [1.807, 2.05) is 12.1 Å². The molecule has 1 aliphatic heterocycles. The number of hydrogen-bond donors (Lipinski definition) is 2. The van der Waals surface area contributed by atoms with Gasteiger partial charge in [-0.05, 0) is 72.3 Å². The van der Waals surface area contributed by atoms with Crippen molar-refractivity contribution in [2.45, 2.75) is 50.6 Å². The van der Waals surface area contributed by atoms with Crippen LogP contribution in [0.15, 0.2) is 22.7 Å². The molecule has 3 unspecified atom stereocenters. The lowest BCUT2D eigenvalue weighted by atomic mass is 9.79. The molecule has 1 saturated heterocycles. The third-order valence-corrected chi connectivity index (χ3v) is 5.94. The zero-order valence-electron chi connectivity index (χ0n) is 11.7. The first-order chi connectivity index (χ1) is 9.74. The number of rotatable bonds is 3. The van der Waals surface area contributed by atoms with Gasteiger partial charge in [-0.15, -0.1) is 0 Å². The van der Waals surface area contributed by atoms with Gasteiger partial charge in [-0.3, -0.25) is 0 Å². The van der Waals surface area contributed by atoms with Gasteiger partial charge in [0.15, 0.2) is 0 Å². The number of hydrogen-bond acceptors (Lipinski definition) is 2. The predicted octanol–water partition coefficient (Wildman–Crippen LogP) is 4.83. The van der Waals surface area contributed by atoms with E-state index in [-0.39, 0.29) is 0 Å². The van der Waals surface area contributed by atoms with Crippen molar-refractivity contribution in [1.82, 2.24) is 5.32 Å². The van der Waals surface area contributed by atoms with Crippen LogP contribution in [0.4, 0.5) is 5.69 Å². The van der Waals surface area contributed by atoms with Crippen molar-refractivity contribution in [1.29, 1.82) is 0 Å². The van der Waals surface area contributed by atoms with E-state index in [2.05, 4.69) is 32.6 Å². The van der Waals surface area contributed by atoms with E-state index in [0.717, 1.165) is 21.1 Å². The maximum Gasteiger partial charge on any atom is 0.0568 e. The van der Waals surface area contributed by atoms with Crippen LogP contribution in [0.3, 0.4) is 0 Å². The summed E-state index contributed by atoms with van der Waals surface area (Å²) in [6, 6.07) is 7.45. The zero-order chi connectivity index (χ0) is 13.9. The fourth-order valence-corrected chi connectivity index (χ4v) is 4.12. The second-order valence-corrected chi connectivity index (χ2v) is 7.29. The topological polar surface area (TPSA) is 24.1 Å². The van der Waals surface area contributed by atoms with Crippen LogP contribution >= 0.6 is 27.5 Å². The monoisotopic (exact) mass is 356 g/mol. The van der Waals surface area contributed by atoms with E-state index in [0.29, 0.717) is 12.1 Å². The summed E-state index contributed by atoms with van der Waals surface area (Å²) in [4.78, 5) is 0. The highest BCUT2D eigenvalue weighted by molar-refractivity contribution is 9.10. The van der Waals surface area contributed by atoms with Crippen molar-refractivity contribution in [2.75, 3.05) is 11.9 Å². The van der Waals surface area contributed by atoms with Gasteiger partial charge < -0.3 is 10.6 Å². The fourth-order valence-electron chi connectivity index (χ4n) is 3.70. The molecule has 2 fully saturated rings. The normalized spacial score (nSPS) is 30.4. The standard InChI is InChI=1S/C16H22BrClN2/c17-13-8-7-11(10-14(13)18)20-16-5-2-1-4-12(16)15-6-3-9-19-15/h7-8,10,12,15-16,19-20H,1-6,9H2. The molecule has 1 heterocycles. The van der Waals surface area contributed by atoms with Crippen LogP contribution in [0, 0.1) is 5.92 Å². The Morgan fingerprint density at radius 2 is 2.00 bits per heavy atom. The predicted molar refractivity (Wildman–Crippen MR) is 89.5 cm³/mol. The van der Waals surface area contributed by atoms with Gasteiger partial charge in [-0.2, -0.15) is 0 Å². The molecule has 4 heteroatoms. The average molecular weight is 358 g/mol. The fraction of sp³-hybridized carbons (Fsp3) is 0.625. The molecule has 1 aromatic rings. The summed E-state index contributed by atoms with van der Waals surface area (Å²) < 4.78 is 0.961. The molecule has 1 aromatic carbocycles. The number of benzene rings is 1. The van der Waals surface area contributed by atoms with E-state index in [1.54, 1.807) is 0 Å². The Morgan fingerprint density at radius 1 is 1.15 bits per heavy atom. The molecule has 0 radical (unpaired) electrons. The molecule has 110 valence electrons. The second kappa shape index (κ2) is 6.67. The Hall–Kier alpha value is -0.250. The number of nitrogens with one attached hydrogen (secondary N) is 2. The Kier molecular flexibility index (Phi) is 4.90. The van der Waals surface area contributed by atoms with Crippen LogP contribution in [-0.4, -0.2) is 18.6 Å². The minimum atomic E-state index is 0.580. The summed E-state index contributed by atoms with van der Waals surface area (Å²) in [5, 5.41) is 8.20. The van der Waals surface area contributed by atoms with Crippen LogP contribution in [0.25, 0.3) is 0 Å². The molecule has 3 rings (SSSR count). The summed E-state index contributed by atoms with van der Waals surface area (Å²) in [6.45, 7) is 1.19. The van der Waals surface area contributed by atoms with Crippen molar-refractivity contribution in [3.8, 4) is 0 Å². The highest BCUT2D eigenvalue weighted by atomic mass is 79.9. The maximum atomic E-state index is 6.20. The molecule has 1 aliphatic carbocycles. The second-order valence-electron chi connectivity index (χ2n) is 6.03. The van der Waals surface area contributed by atoms with Crippen molar-refractivity contribution in [3.05, 3.63) is 27.7 Å². The van der Waals surface area contributed by atoms with Crippen LogP contribution in [0.2, 0.25) is 5.02 Å². The third-order valence-electron chi connectivity index (χ3n) is 4.71. The molecule has 3 atom stereocenters. The highest BCUT2D eigenvalue weighted by Crippen LogP contribution is 2.33. The largest absolute Gasteiger partial charge is 0.382 e. The molecule has 2 aliphatic rings. The summed E-state index contributed by atoms with van der Waals surface area (Å²) in [5.74, 6) is 0.758. The molecule has 2 nitrogen and oxygen atoms in total. The minimum Gasteiger partial charge on any atom is -0.382 e.